The number of hydrogen-bond donors (Lipinski definition) is 2. The predicted octanol–water partition coefficient (Wildman–Crippen LogP) is 1.32. The molecule has 0 spiro atoms. The van der Waals surface area contributed by atoms with Gasteiger partial charge in [-0.1, -0.05) is 20.8 Å². The normalized spacial score (nSPS) is 13.4. The number of nitrogens with two attached hydrogens (primary N) is 1. The number of imidazole rings is 1. The van der Waals surface area contributed by atoms with Gasteiger partial charge in [0.05, 0.1) is 0 Å². The number of rotatable bonds is 6. The molecule has 1 rings (SSSR count). The largest absolute Gasteiger partial charge is 0.335 e. The van der Waals surface area contributed by atoms with Crippen LogP contribution < -0.4 is 11.3 Å². The van der Waals surface area contributed by atoms with Crippen LogP contribution in [0.15, 0.2) is 12.4 Å². The molecule has 3 N–H and O–H groups in total. The minimum Gasteiger partial charge on any atom is -0.335 e. The zero-order chi connectivity index (χ0) is 11.3. The second-order valence-electron chi connectivity index (χ2n) is 4.26. The van der Waals surface area contributed by atoms with Crippen molar-refractivity contribution in [2.45, 2.75) is 46.2 Å². The van der Waals surface area contributed by atoms with Crippen molar-refractivity contribution in [3.8, 4) is 0 Å². The van der Waals surface area contributed by atoms with Crippen molar-refractivity contribution in [2.24, 2.45) is 11.8 Å². The molecule has 15 heavy (non-hydrogen) atoms. The van der Waals surface area contributed by atoms with Gasteiger partial charge in [-0.15, -0.1) is 0 Å². The molecule has 1 atom stereocenters. The number of aromatic nitrogens is 2. The van der Waals surface area contributed by atoms with Crippen LogP contribution in [0.2, 0.25) is 0 Å². The minimum absolute atomic E-state index is 0.294. The van der Waals surface area contributed by atoms with Crippen LogP contribution >= 0.6 is 0 Å². The zero-order valence-electron chi connectivity index (χ0n) is 9.90. The van der Waals surface area contributed by atoms with E-state index >= 15 is 0 Å². The van der Waals surface area contributed by atoms with E-state index in [-0.39, 0.29) is 0 Å². The third-order valence-electron chi connectivity index (χ3n) is 2.69. The Hall–Kier alpha value is -0.870. The molecule has 4 nitrogen and oxygen atoms in total. The average molecular weight is 210 g/mol. The molecule has 0 amide bonds. The van der Waals surface area contributed by atoms with Crippen molar-refractivity contribution in [1.29, 1.82) is 0 Å². The van der Waals surface area contributed by atoms with Crippen molar-refractivity contribution in [1.82, 2.24) is 15.0 Å². The van der Waals surface area contributed by atoms with E-state index in [9.17, 15) is 0 Å². The fourth-order valence-electron chi connectivity index (χ4n) is 1.66. The lowest BCUT2D eigenvalue weighted by Crippen LogP contribution is -2.41. The van der Waals surface area contributed by atoms with Crippen LogP contribution in [0.4, 0.5) is 0 Å². The number of aryl methyl sites for hydroxylation is 1. The lowest BCUT2D eigenvalue weighted by molar-refractivity contribution is 0.392. The minimum atomic E-state index is 0.294. The Balaban J connectivity index is 2.65. The van der Waals surface area contributed by atoms with Crippen LogP contribution in [0.3, 0.4) is 0 Å². The van der Waals surface area contributed by atoms with Gasteiger partial charge >= 0.3 is 0 Å². The number of nitrogens with zero attached hydrogens (tertiary/aromatic N) is 2. The summed E-state index contributed by atoms with van der Waals surface area (Å²) in [4.78, 5) is 4.37. The first-order valence-electron chi connectivity index (χ1n) is 5.65. The second-order valence-corrected chi connectivity index (χ2v) is 4.26. The van der Waals surface area contributed by atoms with Gasteiger partial charge in [0.1, 0.15) is 5.82 Å². The highest BCUT2D eigenvalue weighted by atomic mass is 15.2. The van der Waals surface area contributed by atoms with Gasteiger partial charge in [-0.05, 0) is 12.3 Å². The molecule has 1 aromatic heterocycles. The summed E-state index contributed by atoms with van der Waals surface area (Å²) in [6, 6.07) is 0.294. The maximum Gasteiger partial charge on any atom is 0.110 e. The summed E-state index contributed by atoms with van der Waals surface area (Å²) in [6.07, 6.45) is 5.92. The van der Waals surface area contributed by atoms with E-state index in [0.717, 1.165) is 25.2 Å². The van der Waals surface area contributed by atoms with Crippen LogP contribution in [-0.4, -0.2) is 15.6 Å². The van der Waals surface area contributed by atoms with Gasteiger partial charge in [0, 0.05) is 31.4 Å². The van der Waals surface area contributed by atoms with Crippen molar-refractivity contribution in [2.75, 3.05) is 0 Å². The quantitative estimate of drug-likeness (QED) is 0.550. The first-order valence-corrected chi connectivity index (χ1v) is 5.65. The van der Waals surface area contributed by atoms with Gasteiger partial charge in [0.2, 0.25) is 0 Å². The molecule has 1 unspecified atom stereocenters. The van der Waals surface area contributed by atoms with E-state index in [1.165, 1.54) is 0 Å². The second kappa shape index (κ2) is 5.88. The smallest absolute Gasteiger partial charge is 0.110 e. The predicted molar refractivity (Wildman–Crippen MR) is 62.2 cm³/mol. The molecule has 0 radical (unpaired) electrons. The molecule has 0 aliphatic carbocycles. The Morgan fingerprint density at radius 3 is 2.80 bits per heavy atom. The van der Waals surface area contributed by atoms with Crippen LogP contribution in [0.5, 0.6) is 0 Å². The zero-order valence-corrected chi connectivity index (χ0v) is 9.90. The summed E-state index contributed by atoms with van der Waals surface area (Å²) in [7, 11) is 0. The lowest BCUT2D eigenvalue weighted by Gasteiger charge is -2.19. The number of hydrogen-bond acceptors (Lipinski definition) is 3. The summed E-state index contributed by atoms with van der Waals surface area (Å²) >= 11 is 0. The van der Waals surface area contributed by atoms with E-state index in [4.69, 9.17) is 5.84 Å². The molecule has 1 heterocycles. The Bertz CT molecular complexity index is 280. The molecule has 0 saturated carbocycles. The molecule has 0 aliphatic rings. The molecule has 0 fully saturated rings. The maximum absolute atomic E-state index is 5.53. The third-order valence-corrected chi connectivity index (χ3v) is 2.69. The van der Waals surface area contributed by atoms with Gasteiger partial charge in [-0.3, -0.25) is 11.3 Å². The monoisotopic (exact) mass is 210 g/mol. The van der Waals surface area contributed by atoms with Gasteiger partial charge in [-0.25, -0.2) is 4.98 Å². The summed E-state index contributed by atoms with van der Waals surface area (Å²) in [6.45, 7) is 7.53. The van der Waals surface area contributed by atoms with Crippen molar-refractivity contribution < 1.29 is 0 Å². The van der Waals surface area contributed by atoms with Crippen LogP contribution in [0.1, 0.15) is 33.0 Å². The molecule has 86 valence electrons. The fourth-order valence-corrected chi connectivity index (χ4v) is 1.66. The van der Waals surface area contributed by atoms with E-state index in [2.05, 4.69) is 35.7 Å². The molecule has 0 bridgehead atoms. The van der Waals surface area contributed by atoms with Crippen LogP contribution in [-0.2, 0) is 13.0 Å². The Kier molecular flexibility index (Phi) is 4.78. The molecular formula is C11H22N4. The third kappa shape index (κ3) is 3.32. The summed E-state index contributed by atoms with van der Waals surface area (Å²) in [5, 5.41) is 0. The number of nitrogens with one attached hydrogen (secondary N) is 1. The van der Waals surface area contributed by atoms with E-state index in [0.29, 0.717) is 12.0 Å². The summed E-state index contributed by atoms with van der Waals surface area (Å²) in [5.74, 6) is 7.16. The first-order chi connectivity index (χ1) is 7.19. The fraction of sp³-hybridized carbons (Fsp3) is 0.727. The van der Waals surface area contributed by atoms with E-state index < -0.39 is 0 Å². The number of hydrazine groups is 1. The van der Waals surface area contributed by atoms with Gasteiger partial charge in [0.25, 0.3) is 0 Å². The summed E-state index contributed by atoms with van der Waals surface area (Å²) in [5.41, 5.74) is 2.86. The maximum atomic E-state index is 5.53. The van der Waals surface area contributed by atoms with Gasteiger partial charge in [-0.2, -0.15) is 0 Å². The lowest BCUT2D eigenvalue weighted by atomic mass is 10.0. The first kappa shape index (κ1) is 12.2. The van der Waals surface area contributed by atoms with Crippen LogP contribution in [0, 0.1) is 5.92 Å². The van der Waals surface area contributed by atoms with Gasteiger partial charge < -0.3 is 4.57 Å². The SMILES string of the molecule is CCCn1ccnc1CC(NN)C(C)C. The van der Waals surface area contributed by atoms with Crippen molar-refractivity contribution >= 4 is 0 Å². The van der Waals surface area contributed by atoms with Gasteiger partial charge in [0.15, 0.2) is 0 Å². The molecule has 1 aromatic rings. The Morgan fingerprint density at radius 1 is 1.53 bits per heavy atom. The molecule has 0 aromatic carbocycles. The Morgan fingerprint density at radius 2 is 2.27 bits per heavy atom. The molecule has 0 aliphatic heterocycles. The van der Waals surface area contributed by atoms with Crippen molar-refractivity contribution in [3.63, 3.8) is 0 Å². The topological polar surface area (TPSA) is 55.9 Å². The van der Waals surface area contributed by atoms with E-state index in [1.807, 2.05) is 12.4 Å². The van der Waals surface area contributed by atoms with E-state index in [1.54, 1.807) is 0 Å². The highest BCUT2D eigenvalue weighted by molar-refractivity contribution is 4.96. The average Bonchev–Trinajstić information content (AvgIpc) is 2.62. The highest BCUT2D eigenvalue weighted by Crippen LogP contribution is 2.08. The molecule has 4 heteroatoms. The summed E-state index contributed by atoms with van der Waals surface area (Å²) < 4.78 is 2.20. The standard InChI is InChI=1S/C11H22N4/c1-4-6-15-7-5-13-11(15)8-10(14-12)9(2)3/h5,7,9-10,14H,4,6,8,12H2,1-3H3. The highest BCUT2D eigenvalue weighted by Gasteiger charge is 2.14. The molecular weight excluding hydrogens is 188 g/mol. The molecule has 0 saturated heterocycles. The Labute approximate surface area is 91.8 Å². The van der Waals surface area contributed by atoms with Crippen LogP contribution in [0.25, 0.3) is 0 Å². The van der Waals surface area contributed by atoms with Crippen molar-refractivity contribution in [3.05, 3.63) is 18.2 Å².